The van der Waals surface area contributed by atoms with Gasteiger partial charge in [0.2, 0.25) is 5.78 Å². The van der Waals surface area contributed by atoms with Gasteiger partial charge in [-0.3, -0.25) is 4.79 Å². The lowest BCUT2D eigenvalue weighted by atomic mass is 10.1. The van der Waals surface area contributed by atoms with Gasteiger partial charge in [0.1, 0.15) is 0 Å². The van der Waals surface area contributed by atoms with Crippen molar-refractivity contribution in [3.05, 3.63) is 34.3 Å². The molecule has 0 spiro atoms. The SMILES string of the molecule is O=C(c1ccc(Cl)c(C(F)(F)F)c1)C(F)(F)Cl. The van der Waals surface area contributed by atoms with Crippen LogP contribution >= 0.6 is 23.2 Å². The molecule has 8 heteroatoms. The second-order valence-corrected chi connectivity index (χ2v) is 3.90. The smallest absolute Gasteiger partial charge is 0.286 e. The molecule has 0 bridgehead atoms. The molecule has 0 radical (unpaired) electrons. The van der Waals surface area contributed by atoms with Crippen molar-refractivity contribution in [3.8, 4) is 0 Å². The fourth-order valence-electron chi connectivity index (χ4n) is 1.05. The Labute approximate surface area is 102 Å². The molecule has 0 amide bonds. The topological polar surface area (TPSA) is 17.1 Å². The summed E-state index contributed by atoms with van der Waals surface area (Å²) in [6, 6.07) is 1.69. The molecular weight excluding hydrogens is 290 g/mol. The molecule has 0 aromatic heterocycles. The third-order valence-corrected chi connectivity index (χ3v) is 2.29. The minimum Gasteiger partial charge on any atom is -0.286 e. The highest BCUT2D eigenvalue weighted by Gasteiger charge is 2.39. The first-order valence-corrected chi connectivity index (χ1v) is 4.77. The van der Waals surface area contributed by atoms with E-state index in [4.69, 9.17) is 11.6 Å². The molecule has 0 atom stereocenters. The molecular formula is C9H3Cl2F5O. The maximum Gasteiger partial charge on any atom is 0.417 e. The average Bonchev–Trinajstić information content (AvgIpc) is 2.14. The van der Waals surface area contributed by atoms with Crippen LogP contribution in [0.4, 0.5) is 22.0 Å². The number of hydrogen-bond acceptors (Lipinski definition) is 1. The molecule has 1 nitrogen and oxygen atoms in total. The summed E-state index contributed by atoms with van der Waals surface area (Å²) in [5, 5.41) is -4.94. The van der Waals surface area contributed by atoms with Crippen LogP contribution in [0.15, 0.2) is 18.2 Å². The number of benzene rings is 1. The van der Waals surface area contributed by atoms with E-state index in [1.165, 1.54) is 0 Å². The normalized spacial score (nSPS) is 12.6. The number of halogens is 7. The minimum absolute atomic E-state index is 0.237. The van der Waals surface area contributed by atoms with Crippen LogP contribution in [-0.2, 0) is 6.18 Å². The average molecular weight is 293 g/mol. The van der Waals surface area contributed by atoms with Gasteiger partial charge in [-0.15, -0.1) is 0 Å². The monoisotopic (exact) mass is 292 g/mol. The molecule has 0 aliphatic carbocycles. The Kier molecular flexibility index (Phi) is 3.69. The van der Waals surface area contributed by atoms with E-state index in [9.17, 15) is 26.7 Å². The van der Waals surface area contributed by atoms with Crippen molar-refractivity contribution in [1.29, 1.82) is 0 Å². The summed E-state index contributed by atoms with van der Waals surface area (Å²) in [5.41, 5.74) is -2.23. The van der Waals surface area contributed by atoms with Gasteiger partial charge in [-0.25, -0.2) is 0 Å². The number of rotatable bonds is 2. The summed E-state index contributed by atoms with van der Waals surface area (Å²) in [6.45, 7) is 0. The Morgan fingerprint density at radius 1 is 1.12 bits per heavy atom. The molecule has 0 heterocycles. The molecule has 1 rings (SSSR count). The van der Waals surface area contributed by atoms with Gasteiger partial charge in [-0.2, -0.15) is 22.0 Å². The predicted octanol–water partition coefficient (Wildman–Crippen LogP) is 4.37. The fourth-order valence-corrected chi connectivity index (χ4v) is 1.38. The number of ketones is 1. The van der Waals surface area contributed by atoms with Crippen LogP contribution < -0.4 is 0 Å². The zero-order valence-corrected chi connectivity index (χ0v) is 9.30. The van der Waals surface area contributed by atoms with Gasteiger partial charge in [-0.05, 0) is 29.8 Å². The number of carbonyl (C=O) groups excluding carboxylic acids is 1. The predicted molar refractivity (Wildman–Crippen MR) is 51.6 cm³/mol. The maximum atomic E-state index is 12.4. The van der Waals surface area contributed by atoms with E-state index < -0.39 is 33.5 Å². The summed E-state index contributed by atoms with van der Waals surface area (Å²) < 4.78 is 62.0. The first-order valence-electron chi connectivity index (χ1n) is 4.02. The highest BCUT2D eigenvalue weighted by molar-refractivity contribution is 6.35. The van der Waals surface area contributed by atoms with E-state index in [-0.39, 0.29) is 6.07 Å². The number of Topliss-reactive ketones (excluding diaryl/α,β-unsaturated/α-hetero) is 1. The third-order valence-electron chi connectivity index (χ3n) is 1.79. The second kappa shape index (κ2) is 4.42. The van der Waals surface area contributed by atoms with Gasteiger partial charge in [0.05, 0.1) is 10.6 Å². The highest BCUT2D eigenvalue weighted by Crippen LogP contribution is 2.36. The van der Waals surface area contributed by atoms with Crippen LogP contribution in [0.3, 0.4) is 0 Å². The summed E-state index contributed by atoms with van der Waals surface area (Å²) in [4.78, 5) is 11.0. The van der Waals surface area contributed by atoms with Gasteiger partial charge in [0, 0.05) is 5.56 Å². The van der Waals surface area contributed by atoms with Gasteiger partial charge < -0.3 is 0 Å². The Bertz CT molecular complexity index is 450. The fraction of sp³-hybridized carbons (Fsp3) is 0.222. The van der Waals surface area contributed by atoms with Crippen LogP contribution in [0.25, 0.3) is 0 Å². The highest BCUT2D eigenvalue weighted by atomic mass is 35.5. The molecule has 0 saturated heterocycles. The van der Waals surface area contributed by atoms with Crippen molar-refractivity contribution in [2.24, 2.45) is 0 Å². The number of hydrogen-bond donors (Lipinski definition) is 0. The zero-order valence-electron chi connectivity index (χ0n) is 7.79. The van der Waals surface area contributed by atoms with E-state index in [1.807, 2.05) is 0 Å². The summed E-state index contributed by atoms with van der Waals surface area (Å²) in [6.07, 6.45) is -4.84. The molecule has 94 valence electrons. The van der Waals surface area contributed by atoms with Crippen molar-refractivity contribution in [2.75, 3.05) is 0 Å². The van der Waals surface area contributed by atoms with E-state index in [0.29, 0.717) is 6.07 Å². The molecule has 1 aromatic carbocycles. The lowest BCUT2D eigenvalue weighted by Crippen LogP contribution is -2.22. The lowest BCUT2D eigenvalue weighted by Gasteiger charge is -2.11. The first kappa shape index (κ1) is 14.2. The largest absolute Gasteiger partial charge is 0.417 e. The van der Waals surface area contributed by atoms with Crippen molar-refractivity contribution >= 4 is 29.0 Å². The molecule has 0 saturated carbocycles. The van der Waals surface area contributed by atoms with Gasteiger partial charge in [0.25, 0.3) is 0 Å². The number of alkyl halides is 6. The standard InChI is InChI=1S/C9H3Cl2F5O/c10-6-2-1-4(7(17)8(11,12)13)3-5(6)9(14,15)16/h1-3H. The molecule has 0 fully saturated rings. The summed E-state index contributed by atoms with van der Waals surface area (Å²) in [7, 11) is 0. The van der Waals surface area contributed by atoms with Crippen LogP contribution in [0.5, 0.6) is 0 Å². The van der Waals surface area contributed by atoms with Crippen molar-refractivity contribution in [1.82, 2.24) is 0 Å². The Morgan fingerprint density at radius 2 is 1.65 bits per heavy atom. The molecule has 0 aliphatic rings. The molecule has 0 aliphatic heterocycles. The summed E-state index contributed by atoms with van der Waals surface area (Å²) >= 11 is 9.68. The van der Waals surface area contributed by atoms with Gasteiger partial charge in [0.15, 0.2) is 0 Å². The van der Waals surface area contributed by atoms with Crippen molar-refractivity contribution < 1.29 is 26.7 Å². The quantitative estimate of drug-likeness (QED) is 0.449. The van der Waals surface area contributed by atoms with E-state index in [2.05, 4.69) is 11.6 Å². The van der Waals surface area contributed by atoms with E-state index in [1.54, 1.807) is 0 Å². The Hall–Kier alpha value is -0.880. The molecule has 0 unspecified atom stereocenters. The van der Waals surface area contributed by atoms with Crippen molar-refractivity contribution in [3.63, 3.8) is 0 Å². The zero-order chi connectivity index (χ0) is 13.4. The van der Waals surface area contributed by atoms with Gasteiger partial charge >= 0.3 is 11.6 Å². The van der Waals surface area contributed by atoms with Crippen molar-refractivity contribution in [2.45, 2.75) is 11.6 Å². The maximum absolute atomic E-state index is 12.4. The van der Waals surface area contributed by atoms with Crippen LogP contribution in [0.2, 0.25) is 5.02 Å². The van der Waals surface area contributed by atoms with E-state index in [0.717, 1.165) is 6.07 Å². The van der Waals surface area contributed by atoms with Crippen LogP contribution in [0.1, 0.15) is 15.9 Å². The third kappa shape index (κ3) is 3.29. The van der Waals surface area contributed by atoms with Crippen LogP contribution in [0, 0.1) is 0 Å². The molecule has 0 N–H and O–H groups in total. The lowest BCUT2D eigenvalue weighted by molar-refractivity contribution is -0.137. The minimum atomic E-state index is -4.84. The molecule has 17 heavy (non-hydrogen) atoms. The Morgan fingerprint density at radius 3 is 2.06 bits per heavy atom. The van der Waals surface area contributed by atoms with Crippen LogP contribution in [-0.4, -0.2) is 11.2 Å². The summed E-state index contributed by atoms with van der Waals surface area (Å²) in [5.74, 6) is -1.92. The Balaban J connectivity index is 3.28. The van der Waals surface area contributed by atoms with Gasteiger partial charge in [-0.1, -0.05) is 11.6 Å². The van der Waals surface area contributed by atoms with E-state index >= 15 is 0 Å². The number of carbonyl (C=O) groups is 1. The second-order valence-electron chi connectivity index (χ2n) is 3.02. The first-order chi connectivity index (χ1) is 7.53. The molecule has 1 aromatic rings.